The topological polar surface area (TPSA) is 102 Å². The number of hydrogen-bond donors (Lipinski definition) is 1. The van der Waals surface area contributed by atoms with E-state index in [-0.39, 0.29) is 17.3 Å². The van der Waals surface area contributed by atoms with Crippen LogP contribution < -0.4 is 0 Å². The van der Waals surface area contributed by atoms with Crippen LogP contribution in [0.5, 0.6) is 0 Å². The Bertz CT molecular complexity index is 659. The van der Waals surface area contributed by atoms with Gasteiger partial charge in [-0.2, -0.15) is 4.98 Å². The van der Waals surface area contributed by atoms with Gasteiger partial charge < -0.3 is 9.63 Å². The SMILES string of the molecule is CCC(O)c1noc(-c2cc(F)c(F)cc2[N+](=O)[O-])n1. The van der Waals surface area contributed by atoms with Crippen molar-refractivity contribution in [3.63, 3.8) is 0 Å². The molecule has 1 aromatic carbocycles. The first-order valence-corrected chi connectivity index (χ1v) is 5.59. The Morgan fingerprint density at radius 1 is 1.45 bits per heavy atom. The molecule has 1 heterocycles. The first kappa shape index (κ1) is 14.0. The lowest BCUT2D eigenvalue weighted by atomic mass is 10.1. The number of hydrogen-bond acceptors (Lipinski definition) is 6. The summed E-state index contributed by atoms with van der Waals surface area (Å²) < 4.78 is 31.0. The van der Waals surface area contributed by atoms with E-state index < -0.39 is 28.3 Å². The van der Waals surface area contributed by atoms with Crippen LogP contribution in [0, 0.1) is 21.7 Å². The van der Waals surface area contributed by atoms with E-state index in [0.29, 0.717) is 18.6 Å². The van der Waals surface area contributed by atoms with Gasteiger partial charge in [0, 0.05) is 0 Å². The fourth-order valence-electron chi connectivity index (χ4n) is 1.52. The van der Waals surface area contributed by atoms with Gasteiger partial charge in [-0.25, -0.2) is 8.78 Å². The van der Waals surface area contributed by atoms with Gasteiger partial charge in [-0.3, -0.25) is 10.1 Å². The highest BCUT2D eigenvalue weighted by Crippen LogP contribution is 2.31. The molecule has 9 heteroatoms. The molecule has 0 aliphatic rings. The fraction of sp³-hybridized carbons (Fsp3) is 0.273. The number of aliphatic hydroxyl groups is 1. The zero-order valence-corrected chi connectivity index (χ0v) is 10.2. The highest BCUT2D eigenvalue weighted by atomic mass is 19.2. The summed E-state index contributed by atoms with van der Waals surface area (Å²) in [6.45, 7) is 1.67. The van der Waals surface area contributed by atoms with Crippen LogP contribution in [0.1, 0.15) is 25.3 Å². The third kappa shape index (κ3) is 2.48. The van der Waals surface area contributed by atoms with Crippen molar-refractivity contribution in [3.05, 3.63) is 39.7 Å². The van der Waals surface area contributed by atoms with E-state index in [1.807, 2.05) is 0 Å². The number of nitro benzene ring substituents is 1. The van der Waals surface area contributed by atoms with Crippen molar-refractivity contribution in [2.45, 2.75) is 19.4 Å². The molecule has 1 N–H and O–H groups in total. The van der Waals surface area contributed by atoms with Crippen molar-refractivity contribution in [2.75, 3.05) is 0 Å². The Morgan fingerprint density at radius 2 is 2.10 bits per heavy atom. The van der Waals surface area contributed by atoms with Crippen molar-refractivity contribution >= 4 is 5.69 Å². The zero-order valence-electron chi connectivity index (χ0n) is 10.2. The Labute approximate surface area is 111 Å². The van der Waals surface area contributed by atoms with Gasteiger partial charge in [0.25, 0.3) is 11.6 Å². The Kier molecular flexibility index (Phi) is 3.70. The second-order valence-electron chi connectivity index (χ2n) is 3.92. The average Bonchev–Trinajstić information content (AvgIpc) is 2.89. The van der Waals surface area contributed by atoms with Gasteiger partial charge in [-0.15, -0.1) is 0 Å². The number of aromatic nitrogens is 2. The monoisotopic (exact) mass is 285 g/mol. The Morgan fingerprint density at radius 3 is 2.70 bits per heavy atom. The quantitative estimate of drug-likeness (QED) is 0.683. The number of benzene rings is 1. The van der Waals surface area contributed by atoms with Gasteiger partial charge in [0.05, 0.1) is 11.0 Å². The summed E-state index contributed by atoms with van der Waals surface area (Å²) in [7, 11) is 0. The summed E-state index contributed by atoms with van der Waals surface area (Å²) >= 11 is 0. The molecule has 1 unspecified atom stereocenters. The van der Waals surface area contributed by atoms with Crippen LogP contribution in [0.15, 0.2) is 16.7 Å². The van der Waals surface area contributed by atoms with Gasteiger partial charge in [0.15, 0.2) is 11.6 Å². The molecule has 7 nitrogen and oxygen atoms in total. The van der Waals surface area contributed by atoms with E-state index in [9.17, 15) is 24.0 Å². The summed E-state index contributed by atoms with van der Waals surface area (Å²) in [5.74, 6) is -3.07. The maximum Gasteiger partial charge on any atom is 0.285 e. The van der Waals surface area contributed by atoms with E-state index in [1.54, 1.807) is 6.92 Å². The normalized spacial score (nSPS) is 12.4. The molecule has 0 radical (unpaired) electrons. The van der Waals surface area contributed by atoms with Crippen molar-refractivity contribution in [3.8, 4) is 11.5 Å². The first-order chi connectivity index (χ1) is 9.43. The molecule has 0 aliphatic carbocycles. The van der Waals surface area contributed by atoms with Gasteiger partial charge in [-0.1, -0.05) is 12.1 Å². The Balaban J connectivity index is 2.54. The van der Waals surface area contributed by atoms with E-state index in [4.69, 9.17) is 4.52 Å². The number of nitro groups is 1. The van der Waals surface area contributed by atoms with Crippen LogP contribution in [-0.4, -0.2) is 20.2 Å². The highest BCUT2D eigenvalue weighted by molar-refractivity contribution is 5.66. The maximum absolute atomic E-state index is 13.2. The summed E-state index contributed by atoms with van der Waals surface area (Å²) in [5, 5.41) is 23.8. The van der Waals surface area contributed by atoms with E-state index >= 15 is 0 Å². The van der Waals surface area contributed by atoms with Crippen molar-refractivity contribution in [1.29, 1.82) is 0 Å². The minimum atomic E-state index is -1.35. The molecule has 20 heavy (non-hydrogen) atoms. The number of aliphatic hydroxyl groups excluding tert-OH is 1. The van der Waals surface area contributed by atoms with E-state index in [2.05, 4.69) is 10.1 Å². The van der Waals surface area contributed by atoms with E-state index in [0.717, 1.165) is 0 Å². The summed E-state index contributed by atoms with van der Waals surface area (Å²) in [6.07, 6.45) is -0.699. The molecule has 0 bridgehead atoms. The number of nitrogens with zero attached hydrogens (tertiary/aromatic N) is 3. The lowest BCUT2D eigenvalue weighted by Gasteiger charge is -2.00. The van der Waals surface area contributed by atoms with Crippen molar-refractivity contribution < 1.29 is 23.3 Å². The van der Waals surface area contributed by atoms with Crippen LogP contribution in [0.25, 0.3) is 11.5 Å². The van der Waals surface area contributed by atoms with Crippen molar-refractivity contribution in [2.24, 2.45) is 0 Å². The molecule has 1 atom stereocenters. The summed E-state index contributed by atoms with van der Waals surface area (Å²) in [5.41, 5.74) is -1.05. The third-order valence-corrected chi connectivity index (χ3v) is 2.59. The first-order valence-electron chi connectivity index (χ1n) is 5.59. The van der Waals surface area contributed by atoms with E-state index in [1.165, 1.54) is 0 Å². The summed E-state index contributed by atoms with van der Waals surface area (Å²) in [4.78, 5) is 13.7. The molecule has 0 aliphatic heterocycles. The molecule has 0 saturated carbocycles. The summed E-state index contributed by atoms with van der Waals surface area (Å²) in [6, 6.07) is 1.04. The lowest BCUT2D eigenvalue weighted by molar-refractivity contribution is -0.384. The average molecular weight is 285 g/mol. The smallest absolute Gasteiger partial charge is 0.285 e. The number of rotatable bonds is 4. The standard InChI is InChI=1S/C11H9F2N3O4/c1-2-9(17)10-14-11(20-15-10)5-3-6(12)7(13)4-8(5)16(18)19/h3-4,9,17H,2H2,1H3. The fourth-order valence-corrected chi connectivity index (χ4v) is 1.52. The zero-order chi connectivity index (χ0) is 14.9. The predicted molar refractivity (Wildman–Crippen MR) is 61.6 cm³/mol. The van der Waals surface area contributed by atoms with Crippen LogP contribution in [0.4, 0.5) is 14.5 Å². The van der Waals surface area contributed by atoms with Gasteiger partial charge in [0.2, 0.25) is 5.82 Å². The lowest BCUT2D eigenvalue weighted by Crippen LogP contribution is -1.98. The number of halogens is 2. The molecule has 0 spiro atoms. The molecular weight excluding hydrogens is 276 g/mol. The second-order valence-corrected chi connectivity index (χ2v) is 3.92. The second kappa shape index (κ2) is 5.29. The van der Waals surface area contributed by atoms with Crippen LogP contribution in [-0.2, 0) is 0 Å². The molecule has 2 rings (SSSR count). The molecule has 0 saturated heterocycles. The van der Waals surface area contributed by atoms with Crippen LogP contribution in [0.3, 0.4) is 0 Å². The van der Waals surface area contributed by atoms with Gasteiger partial charge in [0.1, 0.15) is 11.7 Å². The highest BCUT2D eigenvalue weighted by Gasteiger charge is 2.25. The minimum absolute atomic E-state index is 0.0819. The third-order valence-electron chi connectivity index (χ3n) is 2.59. The maximum atomic E-state index is 13.2. The Hall–Kier alpha value is -2.42. The molecule has 2 aromatic rings. The van der Waals surface area contributed by atoms with Crippen LogP contribution in [0.2, 0.25) is 0 Å². The molecule has 1 aromatic heterocycles. The molecule has 0 fully saturated rings. The molecule has 106 valence electrons. The van der Waals surface area contributed by atoms with Gasteiger partial charge >= 0.3 is 0 Å². The molecule has 0 amide bonds. The van der Waals surface area contributed by atoms with Gasteiger partial charge in [-0.05, 0) is 12.5 Å². The predicted octanol–water partition coefficient (Wildman–Crippen LogP) is 2.37. The largest absolute Gasteiger partial charge is 0.385 e. The van der Waals surface area contributed by atoms with Crippen molar-refractivity contribution in [1.82, 2.24) is 10.1 Å². The minimum Gasteiger partial charge on any atom is -0.385 e. The van der Waals surface area contributed by atoms with Crippen LogP contribution >= 0.6 is 0 Å². The molecular formula is C11H9F2N3O4.